The van der Waals surface area contributed by atoms with E-state index < -0.39 is 5.92 Å². The van der Waals surface area contributed by atoms with Gasteiger partial charge in [0, 0.05) is 0 Å². The highest BCUT2D eigenvalue weighted by atomic mass is 16.5. The number of hydrogen-bond donors (Lipinski definition) is 0. The zero-order chi connectivity index (χ0) is 12.3. The lowest BCUT2D eigenvalue weighted by atomic mass is 10.0. The molecule has 0 amide bonds. The minimum atomic E-state index is -0.611. The molecule has 0 saturated heterocycles. The van der Waals surface area contributed by atoms with Crippen molar-refractivity contribution in [3.8, 4) is 6.07 Å². The van der Waals surface area contributed by atoms with Gasteiger partial charge in [0.05, 0.1) is 12.7 Å². The molecular formula is C14H15NO2. The monoisotopic (exact) mass is 229 g/mol. The Balaban J connectivity index is 2.02. The molecule has 0 heterocycles. The summed E-state index contributed by atoms with van der Waals surface area (Å²) in [7, 11) is 0. The molecule has 0 spiro atoms. The second-order valence-electron chi connectivity index (χ2n) is 4.28. The van der Waals surface area contributed by atoms with E-state index >= 15 is 0 Å². The fraction of sp³-hybridized carbons (Fsp3) is 0.429. The molecule has 1 aromatic carbocycles. The predicted molar refractivity (Wildman–Crippen MR) is 63.0 cm³/mol. The van der Waals surface area contributed by atoms with Crippen LogP contribution in [-0.4, -0.2) is 12.6 Å². The molecule has 88 valence electrons. The van der Waals surface area contributed by atoms with Gasteiger partial charge >= 0.3 is 5.97 Å². The number of ether oxygens (including phenoxy) is 1. The Morgan fingerprint density at radius 2 is 2.24 bits per heavy atom. The van der Waals surface area contributed by atoms with E-state index in [1.807, 2.05) is 30.3 Å². The van der Waals surface area contributed by atoms with Crippen molar-refractivity contribution < 1.29 is 9.53 Å². The molecule has 1 aliphatic carbocycles. The molecule has 3 unspecified atom stereocenters. The number of benzene rings is 1. The van der Waals surface area contributed by atoms with Crippen LogP contribution in [0.2, 0.25) is 0 Å². The molecule has 0 radical (unpaired) electrons. The second-order valence-corrected chi connectivity index (χ2v) is 4.28. The molecule has 3 heteroatoms. The summed E-state index contributed by atoms with van der Waals surface area (Å²) in [6, 6.07) is 12.1. The van der Waals surface area contributed by atoms with Crippen LogP contribution in [0, 0.1) is 23.2 Å². The van der Waals surface area contributed by atoms with E-state index in [-0.39, 0.29) is 11.9 Å². The van der Waals surface area contributed by atoms with Gasteiger partial charge in [-0.2, -0.15) is 5.26 Å². The average Bonchev–Trinajstić information content (AvgIpc) is 3.12. The van der Waals surface area contributed by atoms with E-state index in [1.54, 1.807) is 6.92 Å². The van der Waals surface area contributed by atoms with Gasteiger partial charge < -0.3 is 4.74 Å². The summed E-state index contributed by atoms with van der Waals surface area (Å²) in [5.41, 5.74) is 1.21. The standard InChI is InChI=1S/C14H15NO2/c1-2-17-14(16)13(9-15)12-8-11(12)10-6-4-3-5-7-10/h3-7,11-13H,2,8H2,1H3. The van der Waals surface area contributed by atoms with Crippen LogP contribution in [0.15, 0.2) is 30.3 Å². The first kappa shape index (κ1) is 11.7. The average molecular weight is 229 g/mol. The number of hydrogen-bond acceptors (Lipinski definition) is 3. The van der Waals surface area contributed by atoms with Crippen molar-refractivity contribution >= 4 is 5.97 Å². The van der Waals surface area contributed by atoms with Crippen LogP contribution >= 0.6 is 0 Å². The molecule has 3 nitrogen and oxygen atoms in total. The third kappa shape index (κ3) is 2.47. The fourth-order valence-electron chi connectivity index (χ4n) is 2.22. The molecule has 1 aliphatic rings. The van der Waals surface area contributed by atoms with Crippen molar-refractivity contribution in [3.63, 3.8) is 0 Å². The Morgan fingerprint density at radius 1 is 1.53 bits per heavy atom. The SMILES string of the molecule is CCOC(=O)C(C#N)C1CC1c1ccccc1. The van der Waals surface area contributed by atoms with Gasteiger partial charge in [0.2, 0.25) is 0 Å². The quantitative estimate of drug-likeness (QED) is 0.745. The molecule has 17 heavy (non-hydrogen) atoms. The molecule has 0 aromatic heterocycles. The highest BCUT2D eigenvalue weighted by Gasteiger charge is 2.47. The number of nitrogens with zero attached hydrogens (tertiary/aromatic N) is 1. The van der Waals surface area contributed by atoms with Gasteiger partial charge in [0.1, 0.15) is 5.92 Å². The van der Waals surface area contributed by atoms with Crippen LogP contribution in [0.1, 0.15) is 24.8 Å². The summed E-state index contributed by atoms with van der Waals surface area (Å²) in [6.45, 7) is 2.09. The largest absolute Gasteiger partial charge is 0.465 e. The normalized spacial score (nSPS) is 23.5. The van der Waals surface area contributed by atoms with Crippen molar-refractivity contribution in [3.05, 3.63) is 35.9 Å². The lowest BCUT2D eigenvalue weighted by Gasteiger charge is -2.07. The lowest BCUT2D eigenvalue weighted by Crippen LogP contribution is -2.18. The van der Waals surface area contributed by atoms with Crippen LogP contribution < -0.4 is 0 Å². The second kappa shape index (κ2) is 5.01. The highest BCUT2D eigenvalue weighted by Crippen LogP contribution is 2.51. The highest BCUT2D eigenvalue weighted by molar-refractivity contribution is 5.76. The summed E-state index contributed by atoms with van der Waals surface area (Å²) >= 11 is 0. The van der Waals surface area contributed by atoms with E-state index in [9.17, 15) is 4.79 Å². The van der Waals surface area contributed by atoms with E-state index in [0.29, 0.717) is 12.5 Å². The zero-order valence-corrected chi connectivity index (χ0v) is 9.80. The minimum absolute atomic E-state index is 0.126. The molecule has 2 rings (SSSR count). The first-order chi connectivity index (χ1) is 8.27. The summed E-state index contributed by atoms with van der Waals surface area (Å²) in [6.07, 6.45) is 0.904. The predicted octanol–water partition coefficient (Wildman–Crippen LogP) is 2.49. The number of carbonyl (C=O) groups excluding carboxylic acids is 1. The van der Waals surface area contributed by atoms with Crippen LogP contribution in [0.25, 0.3) is 0 Å². The van der Waals surface area contributed by atoms with Gasteiger partial charge in [-0.1, -0.05) is 30.3 Å². The van der Waals surface area contributed by atoms with Crippen molar-refractivity contribution in [1.82, 2.24) is 0 Å². The fourth-order valence-corrected chi connectivity index (χ4v) is 2.22. The Hall–Kier alpha value is -1.82. The number of nitriles is 1. The van der Waals surface area contributed by atoms with Gasteiger partial charge in [0.15, 0.2) is 0 Å². The number of rotatable bonds is 4. The summed E-state index contributed by atoms with van der Waals surface area (Å²) in [5.74, 6) is -0.523. The summed E-state index contributed by atoms with van der Waals surface area (Å²) in [5, 5.41) is 9.05. The molecule has 3 atom stereocenters. The zero-order valence-electron chi connectivity index (χ0n) is 9.80. The number of carbonyl (C=O) groups is 1. The van der Waals surface area contributed by atoms with Gasteiger partial charge in [-0.05, 0) is 30.7 Å². The molecule has 0 bridgehead atoms. The van der Waals surface area contributed by atoms with Crippen LogP contribution in [0.4, 0.5) is 0 Å². The molecule has 0 N–H and O–H groups in total. The van der Waals surface area contributed by atoms with Crippen LogP contribution in [0.5, 0.6) is 0 Å². The third-order valence-corrected chi connectivity index (χ3v) is 3.18. The maximum absolute atomic E-state index is 11.6. The lowest BCUT2D eigenvalue weighted by molar-refractivity contribution is -0.146. The maximum Gasteiger partial charge on any atom is 0.323 e. The van der Waals surface area contributed by atoms with Crippen LogP contribution in [-0.2, 0) is 9.53 Å². The summed E-state index contributed by atoms with van der Waals surface area (Å²) < 4.78 is 4.92. The van der Waals surface area contributed by atoms with Gasteiger partial charge in [0.25, 0.3) is 0 Å². The van der Waals surface area contributed by atoms with Gasteiger partial charge in [-0.15, -0.1) is 0 Å². The van der Waals surface area contributed by atoms with Crippen molar-refractivity contribution in [2.45, 2.75) is 19.3 Å². The molecule has 1 aromatic rings. The van der Waals surface area contributed by atoms with E-state index in [2.05, 4.69) is 6.07 Å². The summed E-state index contributed by atoms with van der Waals surface area (Å²) in [4.78, 5) is 11.6. The van der Waals surface area contributed by atoms with Crippen molar-refractivity contribution in [1.29, 1.82) is 5.26 Å². The minimum Gasteiger partial charge on any atom is -0.465 e. The topological polar surface area (TPSA) is 50.1 Å². The molecular weight excluding hydrogens is 214 g/mol. The number of esters is 1. The van der Waals surface area contributed by atoms with Gasteiger partial charge in [-0.3, -0.25) is 4.79 Å². The van der Waals surface area contributed by atoms with Crippen molar-refractivity contribution in [2.24, 2.45) is 11.8 Å². The molecule has 0 aliphatic heterocycles. The first-order valence-electron chi connectivity index (χ1n) is 5.89. The van der Waals surface area contributed by atoms with E-state index in [0.717, 1.165) is 6.42 Å². The third-order valence-electron chi connectivity index (χ3n) is 3.18. The smallest absolute Gasteiger partial charge is 0.323 e. The van der Waals surface area contributed by atoms with Crippen molar-refractivity contribution in [2.75, 3.05) is 6.61 Å². The molecule has 1 fully saturated rings. The first-order valence-corrected chi connectivity index (χ1v) is 5.89. The Labute approximate surface area is 101 Å². The Bertz CT molecular complexity index is 435. The molecule has 1 saturated carbocycles. The Kier molecular flexibility index (Phi) is 3.43. The Morgan fingerprint density at radius 3 is 2.82 bits per heavy atom. The maximum atomic E-state index is 11.6. The van der Waals surface area contributed by atoms with E-state index in [4.69, 9.17) is 10.00 Å². The van der Waals surface area contributed by atoms with Gasteiger partial charge in [-0.25, -0.2) is 0 Å². The van der Waals surface area contributed by atoms with Crippen LogP contribution in [0.3, 0.4) is 0 Å². The van der Waals surface area contributed by atoms with E-state index in [1.165, 1.54) is 5.56 Å².